The molecule has 0 bridgehead atoms. The minimum absolute atomic E-state index is 0.0310. The van der Waals surface area contributed by atoms with Gasteiger partial charge in [0.05, 0.1) is 12.6 Å². The molecule has 2 amide bonds. The van der Waals surface area contributed by atoms with Crippen LogP contribution in [0.3, 0.4) is 0 Å². The molecule has 2 unspecified atom stereocenters. The van der Waals surface area contributed by atoms with Gasteiger partial charge < -0.3 is 15.0 Å². The molecule has 1 N–H and O–H groups in total. The summed E-state index contributed by atoms with van der Waals surface area (Å²) in [5, 5.41) is 2.85. The molecule has 0 radical (unpaired) electrons. The van der Waals surface area contributed by atoms with Crippen molar-refractivity contribution >= 4 is 11.8 Å². The average Bonchev–Trinajstić information content (AvgIpc) is 3.08. The van der Waals surface area contributed by atoms with Gasteiger partial charge in [-0.3, -0.25) is 9.59 Å². The van der Waals surface area contributed by atoms with Crippen molar-refractivity contribution < 1.29 is 14.3 Å². The second kappa shape index (κ2) is 4.29. The average molecular weight is 240 g/mol. The molecular weight excluding hydrogens is 220 g/mol. The summed E-state index contributed by atoms with van der Waals surface area (Å²) in [5.74, 6) is 0.269. The maximum Gasteiger partial charge on any atom is 0.248 e. The van der Waals surface area contributed by atoms with Gasteiger partial charge in [0.25, 0.3) is 0 Å². The maximum atomic E-state index is 12.4. The van der Waals surface area contributed by atoms with Crippen molar-refractivity contribution in [1.29, 1.82) is 0 Å². The molecule has 1 heterocycles. The van der Waals surface area contributed by atoms with Crippen molar-refractivity contribution in [2.24, 2.45) is 5.92 Å². The van der Waals surface area contributed by atoms with E-state index in [0.29, 0.717) is 12.5 Å². The van der Waals surface area contributed by atoms with Crippen LogP contribution in [-0.4, -0.2) is 48.6 Å². The van der Waals surface area contributed by atoms with Crippen molar-refractivity contribution in [3.63, 3.8) is 0 Å². The molecule has 1 aliphatic carbocycles. The number of amides is 2. The quantitative estimate of drug-likeness (QED) is 0.761. The first-order valence-electron chi connectivity index (χ1n) is 6.10. The Hall–Kier alpha value is -1.10. The second-order valence-corrected chi connectivity index (χ2v) is 5.26. The SMILES string of the molecule is COC(C)CN1CC(=O)NC(C)(C2CC2)C1=O. The Bertz CT molecular complexity index is 341. The number of hydrogen-bond acceptors (Lipinski definition) is 3. The lowest BCUT2D eigenvalue weighted by Crippen LogP contribution is -2.67. The molecule has 2 fully saturated rings. The lowest BCUT2D eigenvalue weighted by molar-refractivity contribution is -0.151. The summed E-state index contributed by atoms with van der Waals surface area (Å²) in [6.07, 6.45) is 2.00. The van der Waals surface area contributed by atoms with E-state index >= 15 is 0 Å². The predicted molar refractivity (Wildman–Crippen MR) is 62.3 cm³/mol. The van der Waals surface area contributed by atoms with E-state index < -0.39 is 5.54 Å². The van der Waals surface area contributed by atoms with Crippen molar-refractivity contribution in [2.45, 2.75) is 38.3 Å². The zero-order valence-electron chi connectivity index (χ0n) is 10.7. The van der Waals surface area contributed by atoms with E-state index in [4.69, 9.17) is 4.74 Å². The maximum absolute atomic E-state index is 12.4. The molecule has 2 rings (SSSR count). The Balaban J connectivity index is 2.11. The summed E-state index contributed by atoms with van der Waals surface area (Å²) in [6.45, 7) is 4.36. The van der Waals surface area contributed by atoms with Crippen molar-refractivity contribution in [1.82, 2.24) is 10.2 Å². The molecule has 2 aliphatic rings. The third kappa shape index (κ3) is 2.29. The van der Waals surface area contributed by atoms with Gasteiger partial charge in [0.1, 0.15) is 5.54 Å². The zero-order chi connectivity index (χ0) is 12.6. The number of methoxy groups -OCH3 is 1. The van der Waals surface area contributed by atoms with Crippen LogP contribution in [0.1, 0.15) is 26.7 Å². The lowest BCUT2D eigenvalue weighted by atomic mass is 9.91. The fourth-order valence-corrected chi connectivity index (χ4v) is 2.43. The fraction of sp³-hybridized carbons (Fsp3) is 0.833. The highest BCUT2D eigenvalue weighted by Gasteiger charge is 2.52. The Kier molecular flexibility index (Phi) is 3.12. The first-order chi connectivity index (χ1) is 7.97. The highest BCUT2D eigenvalue weighted by molar-refractivity contribution is 5.98. The Morgan fingerprint density at radius 3 is 2.71 bits per heavy atom. The fourth-order valence-electron chi connectivity index (χ4n) is 2.43. The van der Waals surface area contributed by atoms with Crippen LogP contribution in [0.4, 0.5) is 0 Å². The van der Waals surface area contributed by atoms with Crippen LogP contribution in [0.2, 0.25) is 0 Å². The highest BCUT2D eigenvalue weighted by Crippen LogP contribution is 2.41. The van der Waals surface area contributed by atoms with E-state index in [1.54, 1.807) is 12.0 Å². The molecule has 0 aromatic carbocycles. The van der Waals surface area contributed by atoms with E-state index in [1.807, 2.05) is 13.8 Å². The predicted octanol–water partition coefficient (Wildman–Crippen LogP) is 0.148. The summed E-state index contributed by atoms with van der Waals surface area (Å²) >= 11 is 0. The molecule has 5 heteroatoms. The van der Waals surface area contributed by atoms with Crippen LogP contribution in [0, 0.1) is 5.92 Å². The van der Waals surface area contributed by atoms with Crippen LogP contribution in [0.5, 0.6) is 0 Å². The minimum Gasteiger partial charge on any atom is -0.380 e. The number of rotatable bonds is 4. The molecule has 1 saturated heterocycles. The number of carbonyl (C=O) groups is 2. The molecule has 17 heavy (non-hydrogen) atoms. The van der Waals surface area contributed by atoms with E-state index in [2.05, 4.69) is 5.32 Å². The number of piperazine rings is 1. The van der Waals surface area contributed by atoms with Crippen LogP contribution in [-0.2, 0) is 14.3 Å². The molecule has 1 aliphatic heterocycles. The normalized spacial score (nSPS) is 31.4. The zero-order valence-corrected chi connectivity index (χ0v) is 10.7. The van der Waals surface area contributed by atoms with E-state index in [-0.39, 0.29) is 24.5 Å². The van der Waals surface area contributed by atoms with E-state index in [9.17, 15) is 9.59 Å². The largest absolute Gasteiger partial charge is 0.380 e. The summed E-state index contributed by atoms with van der Waals surface area (Å²) in [5.41, 5.74) is -0.692. The van der Waals surface area contributed by atoms with Crippen molar-refractivity contribution in [3.05, 3.63) is 0 Å². The van der Waals surface area contributed by atoms with Gasteiger partial charge in [-0.05, 0) is 32.6 Å². The summed E-state index contributed by atoms with van der Waals surface area (Å²) in [4.78, 5) is 25.7. The van der Waals surface area contributed by atoms with Crippen molar-refractivity contribution in [2.75, 3.05) is 20.2 Å². The number of nitrogens with one attached hydrogen (secondary N) is 1. The third-order valence-electron chi connectivity index (χ3n) is 3.74. The van der Waals surface area contributed by atoms with E-state index in [1.165, 1.54) is 0 Å². The van der Waals surface area contributed by atoms with Gasteiger partial charge >= 0.3 is 0 Å². The Labute approximate surface area is 101 Å². The molecule has 0 aromatic rings. The van der Waals surface area contributed by atoms with Crippen LogP contribution >= 0.6 is 0 Å². The Morgan fingerprint density at radius 1 is 1.53 bits per heavy atom. The minimum atomic E-state index is -0.692. The van der Waals surface area contributed by atoms with E-state index in [0.717, 1.165) is 12.8 Å². The smallest absolute Gasteiger partial charge is 0.248 e. The van der Waals surface area contributed by atoms with Gasteiger partial charge in [-0.1, -0.05) is 0 Å². The van der Waals surface area contributed by atoms with Crippen LogP contribution in [0.25, 0.3) is 0 Å². The molecule has 5 nitrogen and oxygen atoms in total. The van der Waals surface area contributed by atoms with Crippen LogP contribution in [0.15, 0.2) is 0 Å². The monoisotopic (exact) mass is 240 g/mol. The summed E-state index contributed by atoms with van der Waals surface area (Å²) in [7, 11) is 1.61. The summed E-state index contributed by atoms with van der Waals surface area (Å²) < 4.78 is 5.16. The summed E-state index contributed by atoms with van der Waals surface area (Å²) in [6, 6.07) is 0. The number of hydrogen-bond donors (Lipinski definition) is 1. The van der Waals surface area contributed by atoms with Gasteiger partial charge in [-0.2, -0.15) is 0 Å². The van der Waals surface area contributed by atoms with Gasteiger partial charge in [0.15, 0.2) is 0 Å². The molecule has 2 atom stereocenters. The molecule has 1 saturated carbocycles. The highest BCUT2D eigenvalue weighted by atomic mass is 16.5. The number of nitrogens with zero attached hydrogens (tertiary/aromatic N) is 1. The topological polar surface area (TPSA) is 58.6 Å². The Morgan fingerprint density at radius 2 is 2.18 bits per heavy atom. The lowest BCUT2D eigenvalue weighted by Gasteiger charge is -2.40. The third-order valence-corrected chi connectivity index (χ3v) is 3.74. The standard InChI is InChI=1S/C12H20N2O3/c1-8(17-3)6-14-7-10(15)13-12(2,11(14)16)9-4-5-9/h8-9H,4-7H2,1-3H3,(H,13,15). The first kappa shape index (κ1) is 12.4. The first-order valence-corrected chi connectivity index (χ1v) is 6.10. The van der Waals surface area contributed by atoms with Gasteiger partial charge in [0.2, 0.25) is 11.8 Å². The van der Waals surface area contributed by atoms with Gasteiger partial charge in [-0.25, -0.2) is 0 Å². The molecule has 96 valence electrons. The molecule has 0 aromatic heterocycles. The van der Waals surface area contributed by atoms with Crippen LogP contribution < -0.4 is 5.32 Å². The second-order valence-electron chi connectivity index (χ2n) is 5.26. The number of ether oxygens (including phenoxy) is 1. The van der Waals surface area contributed by atoms with Gasteiger partial charge in [0, 0.05) is 13.7 Å². The van der Waals surface area contributed by atoms with Gasteiger partial charge in [-0.15, -0.1) is 0 Å². The number of carbonyl (C=O) groups excluding carboxylic acids is 2. The molecular formula is C12H20N2O3. The molecule has 0 spiro atoms. The van der Waals surface area contributed by atoms with Crippen molar-refractivity contribution in [3.8, 4) is 0 Å².